The minimum Gasteiger partial charge on any atom is -0.460 e. The summed E-state index contributed by atoms with van der Waals surface area (Å²) < 4.78 is 5.51. The standard InChI is InChI=1S/C14H27NO3/c1-5-10-9-15-11(6-7-16)8-12(10)13(17)18-14(2,3)4/h10-12,15-16H,5-9H2,1-4H3/t10-,11-,12+/m1/s1. The van der Waals surface area contributed by atoms with Gasteiger partial charge in [-0.2, -0.15) is 0 Å². The summed E-state index contributed by atoms with van der Waals surface area (Å²) in [6, 6.07) is 0.232. The first-order valence-corrected chi connectivity index (χ1v) is 6.94. The third-order valence-corrected chi connectivity index (χ3v) is 3.49. The molecule has 4 nitrogen and oxygen atoms in total. The molecule has 1 saturated heterocycles. The monoisotopic (exact) mass is 257 g/mol. The number of esters is 1. The number of carbonyl (C=O) groups is 1. The zero-order valence-electron chi connectivity index (χ0n) is 12.0. The fourth-order valence-corrected chi connectivity index (χ4v) is 2.51. The summed E-state index contributed by atoms with van der Waals surface area (Å²) in [5, 5.41) is 12.4. The number of ether oxygens (including phenoxy) is 1. The van der Waals surface area contributed by atoms with E-state index >= 15 is 0 Å². The van der Waals surface area contributed by atoms with Crippen molar-refractivity contribution in [2.24, 2.45) is 11.8 Å². The van der Waals surface area contributed by atoms with Gasteiger partial charge in [-0.05, 0) is 46.1 Å². The molecule has 106 valence electrons. The molecule has 0 bridgehead atoms. The van der Waals surface area contributed by atoms with E-state index in [-0.39, 0.29) is 24.5 Å². The second-order valence-corrected chi connectivity index (χ2v) is 6.16. The molecule has 0 aromatic heterocycles. The molecular weight excluding hydrogens is 230 g/mol. The summed E-state index contributed by atoms with van der Waals surface area (Å²) in [6.07, 6.45) is 2.45. The molecule has 1 fully saturated rings. The molecule has 0 saturated carbocycles. The Kier molecular flexibility index (Phi) is 5.60. The van der Waals surface area contributed by atoms with Crippen LogP contribution in [0.1, 0.15) is 47.0 Å². The highest BCUT2D eigenvalue weighted by Crippen LogP contribution is 2.28. The maximum Gasteiger partial charge on any atom is 0.309 e. The molecule has 0 radical (unpaired) electrons. The van der Waals surface area contributed by atoms with E-state index in [0.717, 1.165) is 19.4 Å². The number of piperidine rings is 1. The highest BCUT2D eigenvalue weighted by atomic mass is 16.6. The molecule has 1 aliphatic heterocycles. The first kappa shape index (κ1) is 15.4. The van der Waals surface area contributed by atoms with Crippen molar-refractivity contribution in [1.29, 1.82) is 0 Å². The van der Waals surface area contributed by atoms with Gasteiger partial charge in [0.25, 0.3) is 0 Å². The Hall–Kier alpha value is -0.610. The Labute approximate surface area is 110 Å². The number of hydrogen-bond donors (Lipinski definition) is 2. The van der Waals surface area contributed by atoms with Gasteiger partial charge in [-0.15, -0.1) is 0 Å². The molecule has 4 heteroatoms. The van der Waals surface area contributed by atoms with Crippen LogP contribution in [0.25, 0.3) is 0 Å². The van der Waals surface area contributed by atoms with E-state index < -0.39 is 5.60 Å². The van der Waals surface area contributed by atoms with E-state index in [1.54, 1.807) is 0 Å². The van der Waals surface area contributed by atoms with Crippen LogP contribution in [0.2, 0.25) is 0 Å². The number of aliphatic hydroxyl groups is 1. The van der Waals surface area contributed by atoms with Crippen molar-refractivity contribution in [3.8, 4) is 0 Å². The lowest BCUT2D eigenvalue weighted by Gasteiger charge is -2.36. The van der Waals surface area contributed by atoms with Crippen LogP contribution in [0.3, 0.4) is 0 Å². The van der Waals surface area contributed by atoms with Gasteiger partial charge in [0.05, 0.1) is 5.92 Å². The lowest BCUT2D eigenvalue weighted by Crippen LogP contribution is -2.48. The Morgan fingerprint density at radius 1 is 1.44 bits per heavy atom. The topological polar surface area (TPSA) is 58.6 Å². The minimum absolute atomic E-state index is 0.0352. The van der Waals surface area contributed by atoms with Crippen LogP contribution in [0.5, 0.6) is 0 Å². The summed E-state index contributed by atoms with van der Waals surface area (Å²) in [7, 11) is 0. The van der Waals surface area contributed by atoms with Gasteiger partial charge in [0.2, 0.25) is 0 Å². The fraction of sp³-hybridized carbons (Fsp3) is 0.929. The van der Waals surface area contributed by atoms with Gasteiger partial charge in [0.15, 0.2) is 0 Å². The number of rotatable bonds is 4. The molecule has 0 aliphatic carbocycles. The Balaban J connectivity index is 2.64. The highest BCUT2D eigenvalue weighted by Gasteiger charge is 2.36. The smallest absolute Gasteiger partial charge is 0.309 e. The van der Waals surface area contributed by atoms with E-state index in [2.05, 4.69) is 12.2 Å². The van der Waals surface area contributed by atoms with Gasteiger partial charge in [-0.25, -0.2) is 0 Å². The normalized spacial score (nSPS) is 29.1. The first-order chi connectivity index (χ1) is 8.37. The highest BCUT2D eigenvalue weighted by molar-refractivity contribution is 5.73. The first-order valence-electron chi connectivity index (χ1n) is 6.94. The molecular formula is C14H27NO3. The van der Waals surface area contributed by atoms with Crippen LogP contribution in [0, 0.1) is 11.8 Å². The molecule has 1 heterocycles. The quantitative estimate of drug-likeness (QED) is 0.753. The number of hydrogen-bond acceptors (Lipinski definition) is 4. The molecule has 0 aromatic rings. The number of aliphatic hydroxyl groups excluding tert-OH is 1. The van der Waals surface area contributed by atoms with Gasteiger partial charge in [-0.3, -0.25) is 4.79 Å². The van der Waals surface area contributed by atoms with Crippen molar-refractivity contribution in [1.82, 2.24) is 5.32 Å². The largest absolute Gasteiger partial charge is 0.460 e. The maximum atomic E-state index is 12.2. The Morgan fingerprint density at radius 3 is 2.61 bits per heavy atom. The molecule has 1 aliphatic rings. The fourth-order valence-electron chi connectivity index (χ4n) is 2.51. The summed E-state index contributed by atoms with van der Waals surface area (Å²) >= 11 is 0. The van der Waals surface area contributed by atoms with Crippen LogP contribution in [0.4, 0.5) is 0 Å². The van der Waals surface area contributed by atoms with Crippen LogP contribution in [0.15, 0.2) is 0 Å². The lowest BCUT2D eigenvalue weighted by molar-refractivity contribution is -0.163. The third-order valence-electron chi connectivity index (χ3n) is 3.49. The van der Waals surface area contributed by atoms with Gasteiger partial charge in [0.1, 0.15) is 5.60 Å². The summed E-state index contributed by atoms with van der Waals surface area (Å²) in [5.41, 5.74) is -0.424. The number of nitrogens with one attached hydrogen (secondary N) is 1. The van der Waals surface area contributed by atoms with Gasteiger partial charge in [-0.1, -0.05) is 13.3 Å². The zero-order valence-corrected chi connectivity index (χ0v) is 12.0. The Morgan fingerprint density at radius 2 is 2.11 bits per heavy atom. The SMILES string of the molecule is CC[C@@H]1CN[C@H](CCO)C[C@@H]1C(=O)OC(C)(C)C. The molecule has 1 rings (SSSR count). The molecule has 3 atom stereocenters. The maximum absolute atomic E-state index is 12.2. The van der Waals surface area contributed by atoms with Crippen molar-refractivity contribution in [2.45, 2.75) is 58.6 Å². The van der Waals surface area contributed by atoms with E-state index in [0.29, 0.717) is 12.3 Å². The van der Waals surface area contributed by atoms with E-state index in [1.165, 1.54) is 0 Å². The predicted octanol–water partition coefficient (Wildman–Crippen LogP) is 1.71. The van der Waals surface area contributed by atoms with Crippen molar-refractivity contribution in [3.05, 3.63) is 0 Å². The predicted molar refractivity (Wildman–Crippen MR) is 71.2 cm³/mol. The second kappa shape index (κ2) is 6.53. The van der Waals surface area contributed by atoms with Crippen molar-refractivity contribution >= 4 is 5.97 Å². The van der Waals surface area contributed by atoms with Crippen LogP contribution in [-0.4, -0.2) is 35.9 Å². The average molecular weight is 257 g/mol. The molecule has 0 amide bonds. The molecule has 0 unspecified atom stereocenters. The van der Waals surface area contributed by atoms with Crippen molar-refractivity contribution in [3.63, 3.8) is 0 Å². The lowest BCUT2D eigenvalue weighted by atomic mass is 9.80. The summed E-state index contributed by atoms with van der Waals surface area (Å²) in [4.78, 5) is 12.2. The van der Waals surface area contributed by atoms with E-state index in [9.17, 15) is 4.79 Å². The van der Waals surface area contributed by atoms with Gasteiger partial charge in [0, 0.05) is 12.6 Å². The third kappa shape index (κ3) is 4.58. The van der Waals surface area contributed by atoms with Crippen LogP contribution in [-0.2, 0) is 9.53 Å². The Bertz CT molecular complexity index is 273. The molecule has 0 spiro atoms. The van der Waals surface area contributed by atoms with E-state index in [1.807, 2.05) is 20.8 Å². The van der Waals surface area contributed by atoms with Crippen LogP contribution < -0.4 is 5.32 Å². The number of carbonyl (C=O) groups excluding carboxylic acids is 1. The average Bonchev–Trinajstić information content (AvgIpc) is 2.27. The zero-order chi connectivity index (χ0) is 13.8. The van der Waals surface area contributed by atoms with Crippen molar-refractivity contribution < 1.29 is 14.6 Å². The van der Waals surface area contributed by atoms with Crippen molar-refractivity contribution in [2.75, 3.05) is 13.2 Å². The summed E-state index contributed by atoms with van der Waals surface area (Å²) in [6.45, 7) is 8.81. The summed E-state index contributed by atoms with van der Waals surface area (Å²) in [5.74, 6) is 0.223. The minimum atomic E-state index is -0.424. The van der Waals surface area contributed by atoms with Crippen LogP contribution >= 0.6 is 0 Å². The van der Waals surface area contributed by atoms with Gasteiger partial charge < -0.3 is 15.2 Å². The second-order valence-electron chi connectivity index (χ2n) is 6.16. The van der Waals surface area contributed by atoms with E-state index in [4.69, 9.17) is 9.84 Å². The molecule has 2 N–H and O–H groups in total. The molecule has 18 heavy (non-hydrogen) atoms. The molecule has 0 aromatic carbocycles. The van der Waals surface area contributed by atoms with Gasteiger partial charge >= 0.3 is 5.97 Å².